The molecule has 0 spiro atoms. The van der Waals surface area contributed by atoms with Gasteiger partial charge in [0, 0.05) is 24.0 Å². The number of carbonyl (C=O) groups excluding carboxylic acids is 1. The van der Waals surface area contributed by atoms with Crippen LogP contribution >= 0.6 is 11.3 Å². The highest BCUT2D eigenvalue weighted by Gasteiger charge is 2.32. The first kappa shape index (κ1) is 16.7. The number of nitrogens with one attached hydrogen (secondary N) is 1. The molecule has 5 heteroatoms. The zero-order chi connectivity index (χ0) is 17.4. The van der Waals surface area contributed by atoms with E-state index in [-0.39, 0.29) is 5.91 Å². The van der Waals surface area contributed by atoms with Crippen LogP contribution in [0.5, 0.6) is 0 Å². The number of thiazole rings is 1. The molecular formula is C20H25N3OS. The summed E-state index contributed by atoms with van der Waals surface area (Å²) in [6, 6.07) is 6.38. The van der Waals surface area contributed by atoms with Crippen molar-refractivity contribution >= 4 is 17.2 Å². The van der Waals surface area contributed by atoms with Crippen LogP contribution in [0, 0.1) is 25.7 Å². The molecule has 2 atom stereocenters. The Hall–Kier alpha value is -1.72. The number of aromatic nitrogens is 1. The molecule has 2 fully saturated rings. The lowest BCUT2D eigenvalue weighted by molar-refractivity contribution is 0.0753. The summed E-state index contributed by atoms with van der Waals surface area (Å²) < 4.78 is 0. The maximum Gasteiger partial charge on any atom is 0.273 e. The number of nitrogens with zero attached hydrogens (tertiary/aromatic N) is 2. The molecule has 2 saturated heterocycles. The standard InChI is InChI=1S/C20H25N3OS/c1-13-3-4-17(14(2)9-13)19-22-18(12-25-19)20(24)23-7-5-15-10-21-11-16(15)6-8-23/h3-4,9,12,15-16,21H,5-8,10-11H2,1-2H3/t15-,16+. The molecule has 3 heterocycles. The van der Waals surface area contributed by atoms with E-state index < -0.39 is 0 Å². The molecule has 0 unspecified atom stereocenters. The minimum Gasteiger partial charge on any atom is -0.337 e. The molecule has 2 aliphatic heterocycles. The van der Waals surface area contributed by atoms with Crippen molar-refractivity contribution in [2.45, 2.75) is 26.7 Å². The molecule has 2 aromatic rings. The Morgan fingerprint density at radius 2 is 1.92 bits per heavy atom. The van der Waals surface area contributed by atoms with Crippen molar-refractivity contribution in [1.29, 1.82) is 0 Å². The normalized spacial score (nSPS) is 23.4. The summed E-state index contributed by atoms with van der Waals surface area (Å²) >= 11 is 1.57. The van der Waals surface area contributed by atoms with Gasteiger partial charge in [0.15, 0.2) is 0 Å². The summed E-state index contributed by atoms with van der Waals surface area (Å²) in [5, 5.41) is 6.35. The lowest BCUT2D eigenvalue weighted by Gasteiger charge is -2.19. The van der Waals surface area contributed by atoms with Crippen molar-refractivity contribution in [2.24, 2.45) is 11.8 Å². The van der Waals surface area contributed by atoms with E-state index >= 15 is 0 Å². The molecule has 1 N–H and O–H groups in total. The summed E-state index contributed by atoms with van der Waals surface area (Å²) in [4.78, 5) is 19.6. The van der Waals surface area contributed by atoms with Gasteiger partial charge in [0.25, 0.3) is 5.91 Å². The van der Waals surface area contributed by atoms with E-state index in [0.29, 0.717) is 5.69 Å². The molecule has 0 saturated carbocycles. The van der Waals surface area contributed by atoms with Crippen LogP contribution in [0.15, 0.2) is 23.6 Å². The second kappa shape index (κ2) is 6.89. The summed E-state index contributed by atoms with van der Waals surface area (Å²) in [5.74, 6) is 1.57. The number of fused-ring (bicyclic) bond motifs is 1. The Kier molecular flexibility index (Phi) is 4.61. The second-order valence-corrected chi connectivity index (χ2v) is 8.26. The van der Waals surface area contributed by atoms with E-state index in [2.05, 4.69) is 42.3 Å². The molecule has 0 bridgehead atoms. The predicted molar refractivity (Wildman–Crippen MR) is 102 cm³/mol. The molecular weight excluding hydrogens is 330 g/mol. The first-order valence-corrected chi connectivity index (χ1v) is 10.0. The number of aryl methyl sites for hydroxylation is 2. The number of benzene rings is 1. The zero-order valence-corrected chi connectivity index (χ0v) is 15.7. The van der Waals surface area contributed by atoms with E-state index in [4.69, 9.17) is 0 Å². The van der Waals surface area contributed by atoms with Gasteiger partial charge in [-0.1, -0.05) is 23.8 Å². The van der Waals surface area contributed by atoms with Gasteiger partial charge in [-0.25, -0.2) is 4.98 Å². The van der Waals surface area contributed by atoms with Gasteiger partial charge >= 0.3 is 0 Å². The van der Waals surface area contributed by atoms with Crippen LogP contribution in [0.3, 0.4) is 0 Å². The lowest BCUT2D eigenvalue weighted by Crippen LogP contribution is -2.33. The average Bonchev–Trinajstić information content (AvgIpc) is 3.20. The summed E-state index contributed by atoms with van der Waals surface area (Å²) in [5.41, 5.74) is 4.19. The number of likely N-dealkylation sites (tertiary alicyclic amines) is 1. The molecule has 0 radical (unpaired) electrons. The van der Waals surface area contributed by atoms with Gasteiger partial charge in [-0.05, 0) is 57.2 Å². The number of carbonyl (C=O) groups is 1. The second-order valence-electron chi connectivity index (χ2n) is 7.40. The molecule has 4 rings (SSSR count). The van der Waals surface area contributed by atoms with Crippen LogP contribution < -0.4 is 5.32 Å². The van der Waals surface area contributed by atoms with Crippen LogP contribution in [-0.2, 0) is 0 Å². The Bertz CT molecular complexity index is 771. The Morgan fingerprint density at radius 3 is 2.60 bits per heavy atom. The number of hydrogen-bond donors (Lipinski definition) is 1. The smallest absolute Gasteiger partial charge is 0.273 e. The van der Waals surface area contributed by atoms with Crippen LogP contribution in [0.2, 0.25) is 0 Å². The number of amides is 1. The molecule has 1 amide bonds. The van der Waals surface area contributed by atoms with Gasteiger partial charge in [0.1, 0.15) is 10.7 Å². The largest absolute Gasteiger partial charge is 0.337 e. The van der Waals surface area contributed by atoms with Gasteiger partial charge < -0.3 is 10.2 Å². The van der Waals surface area contributed by atoms with Crippen LogP contribution in [0.1, 0.15) is 34.5 Å². The maximum atomic E-state index is 12.9. The van der Waals surface area contributed by atoms with Crippen LogP contribution in [0.25, 0.3) is 10.6 Å². The lowest BCUT2D eigenvalue weighted by atomic mass is 9.92. The topological polar surface area (TPSA) is 45.2 Å². The molecule has 25 heavy (non-hydrogen) atoms. The van der Waals surface area contributed by atoms with Crippen molar-refractivity contribution in [1.82, 2.24) is 15.2 Å². The van der Waals surface area contributed by atoms with Gasteiger partial charge in [-0.3, -0.25) is 4.79 Å². The quantitative estimate of drug-likeness (QED) is 0.897. The van der Waals surface area contributed by atoms with Gasteiger partial charge in [-0.15, -0.1) is 11.3 Å². The summed E-state index contributed by atoms with van der Waals surface area (Å²) in [7, 11) is 0. The Labute approximate surface area is 153 Å². The molecule has 1 aromatic heterocycles. The minimum atomic E-state index is 0.0974. The number of hydrogen-bond acceptors (Lipinski definition) is 4. The SMILES string of the molecule is Cc1ccc(-c2nc(C(=O)N3CC[C@@H]4CNC[C@@H]4CC3)cs2)c(C)c1. The van der Waals surface area contributed by atoms with Crippen LogP contribution in [-0.4, -0.2) is 42.0 Å². The predicted octanol–water partition coefficient (Wildman–Crippen LogP) is 3.50. The maximum absolute atomic E-state index is 12.9. The molecule has 132 valence electrons. The average molecular weight is 356 g/mol. The Morgan fingerprint density at radius 1 is 1.20 bits per heavy atom. The third-order valence-corrected chi connectivity index (χ3v) is 6.52. The zero-order valence-electron chi connectivity index (χ0n) is 14.9. The van der Waals surface area contributed by atoms with Crippen molar-refractivity contribution in [3.8, 4) is 10.6 Å². The van der Waals surface area contributed by atoms with E-state index in [0.717, 1.165) is 61.4 Å². The summed E-state index contributed by atoms with van der Waals surface area (Å²) in [6.07, 6.45) is 2.22. The molecule has 0 aliphatic carbocycles. The molecule has 2 aliphatic rings. The third-order valence-electron chi connectivity index (χ3n) is 5.64. The van der Waals surface area contributed by atoms with Gasteiger partial charge in [-0.2, -0.15) is 0 Å². The highest BCUT2D eigenvalue weighted by Crippen LogP contribution is 2.30. The summed E-state index contributed by atoms with van der Waals surface area (Å²) in [6.45, 7) is 8.14. The minimum absolute atomic E-state index is 0.0974. The molecule has 4 nitrogen and oxygen atoms in total. The van der Waals surface area contributed by atoms with Gasteiger partial charge in [0.2, 0.25) is 0 Å². The van der Waals surface area contributed by atoms with E-state index in [9.17, 15) is 4.79 Å². The van der Waals surface area contributed by atoms with Crippen molar-refractivity contribution in [2.75, 3.05) is 26.2 Å². The van der Waals surface area contributed by atoms with E-state index in [1.54, 1.807) is 11.3 Å². The monoisotopic (exact) mass is 355 g/mol. The molecule has 1 aromatic carbocycles. The van der Waals surface area contributed by atoms with E-state index in [1.807, 2.05) is 10.3 Å². The highest BCUT2D eigenvalue weighted by molar-refractivity contribution is 7.13. The van der Waals surface area contributed by atoms with Crippen LogP contribution in [0.4, 0.5) is 0 Å². The van der Waals surface area contributed by atoms with E-state index in [1.165, 1.54) is 11.1 Å². The first-order chi connectivity index (χ1) is 12.1. The fraction of sp³-hybridized carbons (Fsp3) is 0.500. The first-order valence-electron chi connectivity index (χ1n) is 9.15. The Balaban J connectivity index is 1.50. The highest BCUT2D eigenvalue weighted by atomic mass is 32.1. The third kappa shape index (κ3) is 3.35. The number of rotatable bonds is 2. The van der Waals surface area contributed by atoms with Gasteiger partial charge in [0.05, 0.1) is 0 Å². The van der Waals surface area contributed by atoms with Crippen molar-refractivity contribution < 1.29 is 4.79 Å². The fourth-order valence-electron chi connectivity index (χ4n) is 4.13. The van der Waals surface area contributed by atoms with Crippen molar-refractivity contribution in [3.63, 3.8) is 0 Å². The van der Waals surface area contributed by atoms with Crippen molar-refractivity contribution in [3.05, 3.63) is 40.4 Å². The fourth-order valence-corrected chi connectivity index (χ4v) is 5.02.